The van der Waals surface area contributed by atoms with Crippen molar-refractivity contribution in [2.45, 2.75) is 32.0 Å². The summed E-state index contributed by atoms with van der Waals surface area (Å²) in [6.07, 6.45) is 8.02. The number of benzene rings is 1. The Morgan fingerprint density at radius 1 is 1.31 bits per heavy atom. The minimum atomic E-state index is -0.0950. The lowest BCUT2D eigenvalue weighted by molar-refractivity contribution is 0.248. The molecule has 3 N–H and O–H groups in total. The van der Waals surface area contributed by atoms with Crippen molar-refractivity contribution in [2.75, 3.05) is 18.5 Å². The van der Waals surface area contributed by atoms with Crippen LogP contribution >= 0.6 is 22.9 Å². The first-order valence-electron chi connectivity index (χ1n) is 11.2. The number of nitrogens with one attached hydrogen (secondary N) is 2. The minimum Gasteiger partial charge on any atom is -0.485 e. The van der Waals surface area contributed by atoms with Crippen molar-refractivity contribution in [3.63, 3.8) is 0 Å². The number of thiazole rings is 1. The van der Waals surface area contributed by atoms with Crippen LogP contribution in [0, 0.1) is 5.92 Å². The number of nitrogens with zero attached hydrogens (tertiary/aromatic N) is 4. The standard InChI is InChI=1S/C24H25ClN6O3S/c1-14-8-17(31-24-30-16(4-6-32)11-34-24)9-18-22(14)27-13-28-23(18)29-15-2-3-20(19(25)10-15)33-12-21-26-5-7-35-21/h2-3,5,7-10,13,16,18,22,32H,4,6,11-12H2,1H3,(H,30,31)(H,27,28,29). The van der Waals surface area contributed by atoms with Gasteiger partial charge in [-0.2, -0.15) is 0 Å². The third-order valence-corrected chi connectivity index (χ3v) is 6.80. The summed E-state index contributed by atoms with van der Waals surface area (Å²) in [7, 11) is 0. The summed E-state index contributed by atoms with van der Waals surface area (Å²) in [6.45, 7) is 2.97. The lowest BCUT2D eigenvalue weighted by Crippen LogP contribution is -2.37. The highest BCUT2D eigenvalue weighted by molar-refractivity contribution is 7.09. The van der Waals surface area contributed by atoms with Crippen molar-refractivity contribution >= 4 is 46.8 Å². The van der Waals surface area contributed by atoms with Crippen molar-refractivity contribution in [2.24, 2.45) is 20.9 Å². The number of aliphatic hydroxyl groups is 1. The van der Waals surface area contributed by atoms with Crippen LogP contribution < -0.4 is 15.4 Å². The lowest BCUT2D eigenvalue weighted by atomic mass is 9.86. The zero-order valence-corrected chi connectivity index (χ0v) is 20.6. The molecule has 3 unspecified atom stereocenters. The van der Waals surface area contributed by atoms with E-state index in [4.69, 9.17) is 26.2 Å². The number of hydrogen-bond donors (Lipinski definition) is 3. The van der Waals surface area contributed by atoms with Gasteiger partial charge < -0.3 is 25.2 Å². The molecular weight excluding hydrogens is 488 g/mol. The topological polar surface area (TPSA) is 113 Å². The van der Waals surface area contributed by atoms with Crippen LogP contribution in [0.2, 0.25) is 5.02 Å². The Kier molecular flexibility index (Phi) is 7.12. The van der Waals surface area contributed by atoms with E-state index in [-0.39, 0.29) is 24.6 Å². The summed E-state index contributed by atoms with van der Waals surface area (Å²) < 4.78 is 11.4. The van der Waals surface area contributed by atoms with E-state index in [2.05, 4.69) is 36.7 Å². The molecule has 11 heteroatoms. The maximum absolute atomic E-state index is 9.13. The summed E-state index contributed by atoms with van der Waals surface area (Å²) in [5, 5.41) is 19.1. The van der Waals surface area contributed by atoms with Gasteiger partial charge in [0.1, 0.15) is 36.1 Å². The highest BCUT2D eigenvalue weighted by atomic mass is 35.5. The smallest absolute Gasteiger partial charge is 0.289 e. The minimum absolute atomic E-state index is 0.0270. The number of rotatable bonds is 7. The monoisotopic (exact) mass is 512 g/mol. The molecule has 1 aromatic heterocycles. The Morgan fingerprint density at radius 3 is 3.03 bits per heavy atom. The van der Waals surface area contributed by atoms with Gasteiger partial charge in [-0.3, -0.25) is 4.99 Å². The van der Waals surface area contributed by atoms with Gasteiger partial charge in [0.15, 0.2) is 0 Å². The van der Waals surface area contributed by atoms with Gasteiger partial charge in [0.05, 0.1) is 23.0 Å². The van der Waals surface area contributed by atoms with E-state index < -0.39 is 0 Å². The molecule has 0 saturated carbocycles. The van der Waals surface area contributed by atoms with Crippen molar-refractivity contribution in [1.82, 2.24) is 10.3 Å². The fourth-order valence-electron chi connectivity index (χ4n) is 4.04. The van der Waals surface area contributed by atoms with Gasteiger partial charge in [-0.1, -0.05) is 11.6 Å². The number of halogens is 1. The second-order valence-electron chi connectivity index (χ2n) is 8.28. The molecule has 0 saturated heterocycles. The van der Waals surface area contributed by atoms with Crippen LogP contribution in [0.15, 0.2) is 68.2 Å². The fraction of sp³-hybridized carbons (Fsp3) is 0.333. The highest BCUT2D eigenvalue weighted by Gasteiger charge is 2.32. The van der Waals surface area contributed by atoms with Crippen LogP contribution in [0.5, 0.6) is 5.75 Å². The number of anilines is 1. The van der Waals surface area contributed by atoms with Gasteiger partial charge in [0, 0.05) is 29.6 Å². The molecule has 0 amide bonds. The number of fused-ring (bicyclic) bond motifs is 1. The summed E-state index contributed by atoms with van der Waals surface area (Å²) in [5.41, 5.74) is 2.76. The molecule has 0 spiro atoms. The maximum atomic E-state index is 9.13. The summed E-state index contributed by atoms with van der Waals surface area (Å²) in [4.78, 5) is 17.8. The van der Waals surface area contributed by atoms with Gasteiger partial charge >= 0.3 is 0 Å². The maximum Gasteiger partial charge on any atom is 0.289 e. The van der Waals surface area contributed by atoms with Gasteiger partial charge in [0.25, 0.3) is 6.02 Å². The normalized spacial score (nSPS) is 22.9. The van der Waals surface area contributed by atoms with Gasteiger partial charge in [-0.05, 0) is 49.3 Å². The van der Waals surface area contributed by atoms with Crippen molar-refractivity contribution in [1.29, 1.82) is 0 Å². The molecule has 35 heavy (non-hydrogen) atoms. The predicted octanol–water partition coefficient (Wildman–Crippen LogP) is 3.78. The van der Waals surface area contributed by atoms with E-state index in [1.54, 1.807) is 12.5 Å². The number of hydrogen-bond acceptors (Lipinski definition) is 10. The first kappa shape index (κ1) is 23.5. The van der Waals surface area contributed by atoms with E-state index in [0.29, 0.717) is 36.4 Å². The number of amidine groups is 2. The molecule has 1 aliphatic carbocycles. The second kappa shape index (κ2) is 10.6. The van der Waals surface area contributed by atoms with Crippen LogP contribution in [0.3, 0.4) is 0 Å². The SMILES string of the molecule is CC1=CC(NC2=NC(CCO)CO2)=CC2C(Nc3ccc(OCc4nccs4)c(Cl)c3)=NC=NC12. The Morgan fingerprint density at radius 2 is 2.23 bits per heavy atom. The van der Waals surface area contributed by atoms with E-state index in [1.807, 2.05) is 36.6 Å². The molecule has 3 aliphatic rings. The third kappa shape index (κ3) is 5.55. The second-order valence-corrected chi connectivity index (χ2v) is 9.67. The van der Waals surface area contributed by atoms with E-state index in [1.165, 1.54) is 11.3 Å². The molecule has 1 aromatic carbocycles. The Labute approximate surface area is 212 Å². The highest BCUT2D eigenvalue weighted by Crippen LogP contribution is 2.32. The Hall–Kier alpha value is -3.21. The average molecular weight is 513 g/mol. The molecule has 2 aromatic rings. The molecule has 0 fully saturated rings. The van der Waals surface area contributed by atoms with Crippen LogP contribution in [0.1, 0.15) is 18.4 Å². The first-order valence-corrected chi connectivity index (χ1v) is 12.5. The number of aliphatic hydroxyl groups excluding tert-OH is 1. The molecule has 0 radical (unpaired) electrons. The number of aliphatic imine (C=N–C) groups is 3. The molecule has 0 bridgehead atoms. The molecule has 3 atom stereocenters. The largest absolute Gasteiger partial charge is 0.485 e. The van der Waals surface area contributed by atoms with E-state index in [9.17, 15) is 0 Å². The molecule has 182 valence electrons. The Balaban J connectivity index is 1.28. The zero-order chi connectivity index (χ0) is 24.2. The van der Waals surface area contributed by atoms with Crippen molar-refractivity contribution in [3.05, 3.63) is 63.2 Å². The number of aromatic nitrogens is 1. The van der Waals surface area contributed by atoms with Gasteiger partial charge in [-0.25, -0.2) is 15.0 Å². The van der Waals surface area contributed by atoms with Crippen LogP contribution in [-0.2, 0) is 11.3 Å². The number of allylic oxidation sites excluding steroid dienone is 1. The third-order valence-electron chi connectivity index (χ3n) is 5.75. The molecule has 2 aliphatic heterocycles. The molecule has 9 nitrogen and oxygen atoms in total. The van der Waals surface area contributed by atoms with Gasteiger partial charge in [-0.15, -0.1) is 11.3 Å². The summed E-state index contributed by atoms with van der Waals surface area (Å²) >= 11 is 8.02. The van der Waals surface area contributed by atoms with Crippen LogP contribution in [-0.4, -0.2) is 53.6 Å². The van der Waals surface area contributed by atoms with Crippen molar-refractivity contribution in [3.8, 4) is 5.75 Å². The van der Waals surface area contributed by atoms with Crippen LogP contribution in [0.25, 0.3) is 0 Å². The fourth-order valence-corrected chi connectivity index (χ4v) is 4.81. The lowest BCUT2D eigenvalue weighted by Gasteiger charge is -2.30. The first-order chi connectivity index (χ1) is 17.1. The summed E-state index contributed by atoms with van der Waals surface area (Å²) in [5.74, 6) is 1.26. The van der Waals surface area contributed by atoms with Gasteiger partial charge in [0.2, 0.25) is 0 Å². The Bertz CT molecular complexity index is 1220. The van der Waals surface area contributed by atoms with Crippen molar-refractivity contribution < 1.29 is 14.6 Å². The molecule has 5 rings (SSSR count). The molecular formula is C24H25ClN6O3S. The zero-order valence-electron chi connectivity index (χ0n) is 19.0. The van der Waals surface area contributed by atoms with Crippen LogP contribution in [0.4, 0.5) is 5.69 Å². The average Bonchev–Trinajstić information content (AvgIpc) is 3.52. The van der Waals surface area contributed by atoms with E-state index >= 15 is 0 Å². The van der Waals surface area contributed by atoms with E-state index in [0.717, 1.165) is 27.8 Å². The molecule has 3 heterocycles. The summed E-state index contributed by atoms with van der Waals surface area (Å²) in [6, 6.07) is 5.94. The quantitative estimate of drug-likeness (QED) is 0.520. The number of ether oxygens (including phenoxy) is 2. The predicted molar refractivity (Wildman–Crippen MR) is 139 cm³/mol.